The van der Waals surface area contributed by atoms with Crippen molar-refractivity contribution < 1.29 is 0 Å². The van der Waals surface area contributed by atoms with Gasteiger partial charge in [-0.05, 0) is 50.5 Å². The van der Waals surface area contributed by atoms with E-state index in [1.165, 1.54) is 19.4 Å². The molecule has 0 aromatic heterocycles. The lowest BCUT2D eigenvalue weighted by Gasteiger charge is -2.47. The summed E-state index contributed by atoms with van der Waals surface area (Å²) in [5.74, 6) is 1.68. The molecule has 0 N–H and O–H groups in total. The summed E-state index contributed by atoms with van der Waals surface area (Å²) in [4.78, 5) is 2.72. The summed E-state index contributed by atoms with van der Waals surface area (Å²) in [6, 6.07) is 1.49. The summed E-state index contributed by atoms with van der Waals surface area (Å²) in [6.45, 7) is 17.9. The molecule has 0 aromatic rings. The molecule has 0 saturated carbocycles. The van der Waals surface area contributed by atoms with E-state index in [1.807, 2.05) is 0 Å². The Morgan fingerprint density at radius 1 is 1.06 bits per heavy atom. The fourth-order valence-corrected chi connectivity index (χ4v) is 3.10. The van der Waals surface area contributed by atoms with Gasteiger partial charge in [-0.25, -0.2) is 0 Å². The Bertz CT molecular complexity index is 212. The van der Waals surface area contributed by atoms with E-state index in [2.05, 4.69) is 53.4 Å². The van der Waals surface area contributed by atoms with Crippen molar-refractivity contribution in [3.05, 3.63) is 0 Å². The summed E-state index contributed by atoms with van der Waals surface area (Å²) in [5.41, 5.74) is 0.482. The molecule has 0 aromatic carbocycles. The van der Waals surface area contributed by atoms with Crippen LogP contribution in [0.2, 0.25) is 0 Å². The third kappa shape index (κ3) is 3.23. The van der Waals surface area contributed by atoms with Crippen molar-refractivity contribution in [2.24, 2.45) is 17.3 Å². The number of rotatable bonds is 2. The zero-order valence-electron chi connectivity index (χ0n) is 12.4. The first-order valence-electron chi connectivity index (χ1n) is 6.99. The summed E-state index contributed by atoms with van der Waals surface area (Å²) in [5, 5.41) is 0. The van der Waals surface area contributed by atoms with Crippen molar-refractivity contribution >= 4 is 0 Å². The third-order valence-corrected chi connectivity index (χ3v) is 4.35. The number of piperidine rings is 1. The topological polar surface area (TPSA) is 3.24 Å². The summed E-state index contributed by atoms with van der Waals surface area (Å²) in [6.07, 6.45) is 2.77. The van der Waals surface area contributed by atoms with E-state index in [-0.39, 0.29) is 0 Å². The second-order valence-electron chi connectivity index (χ2n) is 7.23. The highest BCUT2D eigenvalue weighted by atomic mass is 15.2. The van der Waals surface area contributed by atoms with Gasteiger partial charge in [-0.1, -0.05) is 34.6 Å². The maximum atomic E-state index is 2.72. The molecule has 1 heterocycles. The number of hydrogen-bond donors (Lipinski definition) is 0. The van der Waals surface area contributed by atoms with Gasteiger partial charge in [-0.3, -0.25) is 4.90 Å². The summed E-state index contributed by atoms with van der Waals surface area (Å²) < 4.78 is 0. The Morgan fingerprint density at radius 2 is 1.62 bits per heavy atom. The lowest BCUT2D eigenvalue weighted by Crippen LogP contribution is -2.50. The van der Waals surface area contributed by atoms with Gasteiger partial charge in [0.15, 0.2) is 0 Å². The molecule has 1 heteroatoms. The first-order chi connectivity index (χ1) is 7.23. The zero-order chi connectivity index (χ0) is 12.5. The molecule has 0 aliphatic carbocycles. The van der Waals surface area contributed by atoms with Crippen LogP contribution in [0.5, 0.6) is 0 Å². The molecule has 1 aliphatic heterocycles. The monoisotopic (exact) mass is 225 g/mol. The van der Waals surface area contributed by atoms with Gasteiger partial charge < -0.3 is 0 Å². The number of nitrogens with zero attached hydrogens (tertiary/aromatic N) is 1. The van der Waals surface area contributed by atoms with E-state index in [1.54, 1.807) is 0 Å². The maximum absolute atomic E-state index is 2.72. The Morgan fingerprint density at radius 3 is 2.00 bits per heavy atom. The van der Waals surface area contributed by atoms with Gasteiger partial charge in [0.05, 0.1) is 0 Å². The second-order valence-corrected chi connectivity index (χ2v) is 7.23. The van der Waals surface area contributed by atoms with Crippen LogP contribution in [0, 0.1) is 17.3 Å². The molecule has 2 unspecified atom stereocenters. The number of likely N-dealkylation sites (tertiary alicyclic amines) is 1. The SMILES string of the molecule is CC(C)C1CC(C(C)(C)C)CCN1C(C)C. The lowest BCUT2D eigenvalue weighted by atomic mass is 9.71. The van der Waals surface area contributed by atoms with Crippen LogP contribution >= 0.6 is 0 Å². The van der Waals surface area contributed by atoms with Gasteiger partial charge >= 0.3 is 0 Å². The van der Waals surface area contributed by atoms with Crippen LogP contribution in [-0.4, -0.2) is 23.5 Å². The summed E-state index contributed by atoms with van der Waals surface area (Å²) >= 11 is 0. The van der Waals surface area contributed by atoms with E-state index in [0.29, 0.717) is 11.5 Å². The first kappa shape index (κ1) is 14.0. The Balaban J connectivity index is 2.73. The van der Waals surface area contributed by atoms with Crippen molar-refractivity contribution in [2.75, 3.05) is 6.54 Å². The zero-order valence-corrected chi connectivity index (χ0v) is 12.4. The van der Waals surface area contributed by atoms with Crippen LogP contribution in [0.3, 0.4) is 0 Å². The maximum Gasteiger partial charge on any atom is 0.0124 e. The van der Waals surface area contributed by atoms with Crippen molar-refractivity contribution in [1.29, 1.82) is 0 Å². The quantitative estimate of drug-likeness (QED) is 0.681. The average molecular weight is 225 g/mol. The van der Waals surface area contributed by atoms with Gasteiger partial charge in [0.2, 0.25) is 0 Å². The molecule has 0 spiro atoms. The smallest absolute Gasteiger partial charge is 0.0124 e. The average Bonchev–Trinajstić information content (AvgIpc) is 2.15. The van der Waals surface area contributed by atoms with Crippen LogP contribution in [0.15, 0.2) is 0 Å². The molecule has 1 saturated heterocycles. The molecule has 1 nitrogen and oxygen atoms in total. The van der Waals surface area contributed by atoms with Gasteiger partial charge in [0, 0.05) is 12.1 Å². The van der Waals surface area contributed by atoms with Crippen molar-refractivity contribution in [3.8, 4) is 0 Å². The van der Waals surface area contributed by atoms with Gasteiger partial charge in [0.25, 0.3) is 0 Å². The second kappa shape index (κ2) is 5.08. The molecule has 0 bridgehead atoms. The molecule has 0 radical (unpaired) electrons. The van der Waals surface area contributed by atoms with Crippen LogP contribution in [0.4, 0.5) is 0 Å². The van der Waals surface area contributed by atoms with Gasteiger partial charge in [0.1, 0.15) is 0 Å². The van der Waals surface area contributed by atoms with Crippen LogP contribution in [0.1, 0.15) is 61.3 Å². The Kier molecular flexibility index (Phi) is 4.45. The molecule has 16 heavy (non-hydrogen) atoms. The third-order valence-electron chi connectivity index (χ3n) is 4.35. The Hall–Kier alpha value is -0.0400. The minimum atomic E-state index is 0.482. The van der Waals surface area contributed by atoms with Crippen LogP contribution in [-0.2, 0) is 0 Å². The van der Waals surface area contributed by atoms with E-state index in [4.69, 9.17) is 0 Å². The van der Waals surface area contributed by atoms with Gasteiger partial charge in [-0.15, -0.1) is 0 Å². The first-order valence-corrected chi connectivity index (χ1v) is 6.99. The van der Waals surface area contributed by atoms with Crippen LogP contribution < -0.4 is 0 Å². The molecule has 1 rings (SSSR count). The largest absolute Gasteiger partial charge is 0.298 e. The van der Waals surface area contributed by atoms with E-state index >= 15 is 0 Å². The molecule has 0 amide bonds. The fraction of sp³-hybridized carbons (Fsp3) is 1.00. The Labute approximate surface area is 103 Å². The molecular formula is C15H31N. The van der Waals surface area contributed by atoms with Crippen molar-refractivity contribution in [2.45, 2.75) is 73.4 Å². The van der Waals surface area contributed by atoms with E-state index in [9.17, 15) is 0 Å². The predicted molar refractivity (Wildman–Crippen MR) is 72.6 cm³/mol. The van der Waals surface area contributed by atoms with Crippen LogP contribution in [0.25, 0.3) is 0 Å². The molecule has 1 aliphatic rings. The normalized spacial score (nSPS) is 29.1. The van der Waals surface area contributed by atoms with E-state index in [0.717, 1.165) is 17.9 Å². The highest BCUT2D eigenvalue weighted by Gasteiger charge is 2.36. The highest BCUT2D eigenvalue weighted by Crippen LogP contribution is 2.39. The highest BCUT2D eigenvalue weighted by molar-refractivity contribution is 4.89. The summed E-state index contributed by atoms with van der Waals surface area (Å²) in [7, 11) is 0. The van der Waals surface area contributed by atoms with Crippen molar-refractivity contribution in [1.82, 2.24) is 4.90 Å². The molecule has 1 fully saturated rings. The van der Waals surface area contributed by atoms with Crippen molar-refractivity contribution in [3.63, 3.8) is 0 Å². The lowest BCUT2D eigenvalue weighted by molar-refractivity contribution is 0.0201. The van der Waals surface area contributed by atoms with Gasteiger partial charge in [-0.2, -0.15) is 0 Å². The standard InChI is InChI=1S/C15H31N/c1-11(2)14-10-13(15(5,6)7)8-9-16(14)12(3)4/h11-14H,8-10H2,1-7H3. The molecule has 2 atom stereocenters. The van der Waals surface area contributed by atoms with E-state index < -0.39 is 0 Å². The minimum absolute atomic E-state index is 0.482. The predicted octanol–water partition coefficient (Wildman–Crippen LogP) is 4.18. The fourth-order valence-electron chi connectivity index (χ4n) is 3.10. The molecular weight excluding hydrogens is 194 g/mol. The molecule has 96 valence electrons. The minimum Gasteiger partial charge on any atom is -0.298 e. The number of hydrogen-bond acceptors (Lipinski definition) is 1.